The molecule has 88 valence electrons. The van der Waals surface area contributed by atoms with E-state index in [9.17, 15) is 4.39 Å². The number of anilines is 1. The van der Waals surface area contributed by atoms with Crippen LogP contribution in [0.5, 0.6) is 5.75 Å². The fourth-order valence-electron chi connectivity index (χ4n) is 1.16. The van der Waals surface area contributed by atoms with Gasteiger partial charge in [0.2, 0.25) is 0 Å². The summed E-state index contributed by atoms with van der Waals surface area (Å²) in [5.74, 6) is 0.583. The fourth-order valence-corrected chi connectivity index (χ4v) is 1.52. The summed E-state index contributed by atoms with van der Waals surface area (Å²) in [6.07, 6.45) is 2.99. The maximum absolute atomic E-state index is 13.0. The average molecular weight is 298 g/mol. The Balaban J connectivity index is 2.02. The van der Waals surface area contributed by atoms with E-state index >= 15 is 0 Å². The summed E-state index contributed by atoms with van der Waals surface area (Å²) in [6, 6.07) is 4.43. The van der Waals surface area contributed by atoms with Gasteiger partial charge >= 0.3 is 0 Å². The Morgan fingerprint density at radius 1 is 1.29 bits per heavy atom. The van der Waals surface area contributed by atoms with Crippen molar-refractivity contribution in [1.82, 2.24) is 9.97 Å². The summed E-state index contributed by atoms with van der Waals surface area (Å²) in [6.45, 7) is 0.255. The molecule has 2 rings (SSSR count). The zero-order valence-corrected chi connectivity index (χ0v) is 10.3. The first kappa shape index (κ1) is 11.8. The van der Waals surface area contributed by atoms with Crippen LogP contribution >= 0.6 is 15.9 Å². The maximum Gasteiger partial charge on any atom is 0.141 e. The predicted molar refractivity (Wildman–Crippen MR) is 64.9 cm³/mol. The second-order valence-electron chi connectivity index (χ2n) is 3.30. The van der Waals surface area contributed by atoms with Crippen molar-refractivity contribution in [2.24, 2.45) is 0 Å². The molecule has 0 aliphatic heterocycles. The number of hydrogen-bond acceptors (Lipinski definition) is 4. The number of benzene rings is 1. The fraction of sp³-hybridized carbons (Fsp3) is 0.0909. The standard InChI is InChI=1S/C11H9BrFN3O/c12-9-3-8(1-2-10(9)13)17-6-7-4-16-11(14)5-15-7/h1-5H,6H2,(H2,14,16). The van der Waals surface area contributed by atoms with Gasteiger partial charge in [0, 0.05) is 0 Å². The summed E-state index contributed by atoms with van der Waals surface area (Å²) in [7, 11) is 0. The van der Waals surface area contributed by atoms with Crippen molar-refractivity contribution in [3.05, 3.63) is 46.6 Å². The van der Waals surface area contributed by atoms with Crippen LogP contribution in [0, 0.1) is 5.82 Å². The van der Waals surface area contributed by atoms with E-state index < -0.39 is 0 Å². The van der Waals surface area contributed by atoms with Crippen molar-refractivity contribution in [2.75, 3.05) is 5.73 Å². The molecule has 2 aromatic rings. The minimum absolute atomic E-state index is 0.255. The quantitative estimate of drug-likeness (QED) is 0.946. The first-order valence-electron chi connectivity index (χ1n) is 4.79. The summed E-state index contributed by atoms with van der Waals surface area (Å²) < 4.78 is 18.8. The Labute approximate surface area is 106 Å². The van der Waals surface area contributed by atoms with Crippen molar-refractivity contribution in [3.63, 3.8) is 0 Å². The normalized spacial score (nSPS) is 10.2. The van der Waals surface area contributed by atoms with Gasteiger partial charge < -0.3 is 10.5 Å². The summed E-state index contributed by atoms with van der Waals surface area (Å²) >= 11 is 3.08. The van der Waals surface area contributed by atoms with Gasteiger partial charge in [-0.1, -0.05) is 0 Å². The van der Waals surface area contributed by atoms with E-state index in [1.54, 1.807) is 12.1 Å². The maximum atomic E-state index is 13.0. The molecule has 6 heteroatoms. The van der Waals surface area contributed by atoms with Crippen LogP contribution in [0.3, 0.4) is 0 Å². The zero-order chi connectivity index (χ0) is 12.3. The first-order valence-corrected chi connectivity index (χ1v) is 5.58. The van der Waals surface area contributed by atoms with E-state index in [1.165, 1.54) is 18.5 Å². The van der Waals surface area contributed by atoms with E-state index in [1.807, 2.05) is 0 Å². The van der Waals surface area contributed by atoms with Gasteiger partial charge in [-0.2, -0.15) is 0 Å². The van der Waals surface area contributed by atoms with Crippen LogP contribution in [0.4, 0.5) is 10.2 Å². The molecule has 0 fully saturated rings. The van der Waals surface area contributed by atoms with E-state index in [0.29, 0.717) is 21.7 Å². The van der Waals surface area contributed by atoms with Crippen molar-refractivity contribution >= 4 is 21.7 Å². The highest BCUT2D eigenvalue weighted by atomic mass is 79.9. The van der Waals surface area contributed by atoms with Gasteiger partial charge in [0.05, 0.1) is 22.6 Å². The molecule has 0 radical (unpaired) electrons. The monoisotopic (exact) mass is 297 g/mol. The van der Waals surface area contributed by atoms with Gasteiger partial charge in [0.1, 0.15) is 24.0 Å². The van der Waals surface area contributed by atoms with Crippen LogP contribution in [0.15, 0.2) is 35.1 Å². The van der Waals surface area contributed by atoms with Gasteiger partial charge in [-0.05, 0) is 34.1 Å². The lowest BCUT2D eigenvalue weighted by molar-refractivity contribution is 0.300. The van der Waals surface area contributed by atoms with Gasteiger partial charge in [0.15, 0.2) is 0 Å². The smallest absolute Gasteiger partial charge is 0.141 e. The molecule has 1 aromatic carbocycles. The highest BCUT2D eigenvalue weighted by molar-refractivity contribution is 9.10. The number of rotatable bonds is 3. The predicted octanol–water partition coefficient (Wildman–Crippen LogP) is 2.54. The highest BCUT2D eigenvalue weighted by Crippen LogP contribution is 2.22. The van der Waals surface area contributed by atoms with Gasteiger partial charge in [0.25, 0.3) is 0 Å². The Bertz CT molecular complexity index is 519. The number of nitrogens with zero attached hydrogens (tertiary/aromatic N) is 2. The second kappa shape index (κ2) is 5.09. The van der Waals surface area contributed by atoms with Crippen molar-refractivity contribution in [2.45, 2.75) is 6.61 Å². The zero-order valence-electron chi connectivity index (χ0n) is 8.73. The largest absolute Gasteiger partial charge is 0.487 e. The molecule has 0 spiro atoms. The lowest BCUT2D eigenvalue weighted by Gasteiger charge is -2.06. The first-order chi connectivity index (χ1) is 8.15. The number of ether oxygens (including phenoxy) is 1. The van der Waals surface area contributed by atoms with Crippen LogP contribution in [0.2, 0.25) is 0 Å². The molecule has 4 nitrogen and oxygen atoms in total. The number of nitrogens with two attached hydrogens (primary N) is 1. The molecular formula is C11H9BrFN3O. The van der Waals surface area contributed by atoms with Crippen LogP contribution in [0.25, 0.3) is 0 Å². The Morgan fingerprint density at radius 2 is 2.12 bits per heavy atom. The molecule has 2 N–H and O–H groups in total. The second-order valence-corrected chi connectivity index (χ2v) is 4.15. The molecule has 0 unspecified atom stereocenters. The highest BCUT2D eigenvalue weighted by Gasteiger charge is 2.02. The average Bonchev–Trinajstić information content (AvgIpc) is 2.33. The molecule has 0 atom stereocenters. The lowest BCUT2D eigenvalue weighted by atomic mass is 10.3. The minimum Gasteiger partial charge on any atom is -0.487 e. The van der Waals surface area contributed by atoms with Crippen LogP contribution in [0.1, 0.15) is 5.69 Å². The number of halogens is 2. The summed E-state index contributed by atoms with van der Waals surface area (Å²) in [4.78, 5) is 7.92. The molecule has 0 bridgehead atoms. The third kappa shape index (κ3) is 3.13. The molecule has 1 aromatic heterocycles. The number of nitrogen functional groups attached to an aromatic ring is 1. The third-order valence-electron chi connectivity index (χ3n) is 2.00. The van der Waals surface area contributed by atoms with E-state index in [2.05, 4.69) is 25.9 Å². The van der Waals surface area contributed by atoms with Gasteiger partial charge in [-0.25, -0.2) is 9.37 Å². The van der Waals surface area contributed by atoms with E-state index in [4.69, 9.17) is 10.5 Å². The topological polar surface area (TPSA) is 61.0 Å². The van der Waals surface area contributed by atoms with Crippen LogP contribution in [-0.4, -0.2) is 9.97 Å². The number of aromatic nitrogens is 2. The SMILES string of the molecule is Nc1cnc(COc2ccc(F)c(Br)c2)cn1. The summed E-state index contributed by atoms with van der Waals surface area (Å²) in [5.41, 5.74) is 6.06. The molecule has 0 saturated carbocycles. The number of hydrogen-bond donors (Lipinski definition) is 1. The van der Waals surface area contributed by atoms with Gasteiger partial charge in [-0.3, -0.25) is 4.98 Å². The van der Waals surface area contributed by atoms with Crippen LogP contribution < -0.4 is 10.5 Å². The molecule has 1 heterocycles. The third-order valence-corrected chi connectivity index (χ3v) is 2.61. The molecule has 0 saturated heterocycles. The molecule has 0 aliphatic rings. The molecule has 0 amide bonds. The summed E-state index contributed by atoms with van der Waals surface area (Å²) in [5, 5.41) is 0. The van der Waals surface area contributed by atoms with Crippen LogP contribution in [-0.2, 0) is 6.61 Å². The van der Waals surface area contributed by atoms with Crippen molar-refractivity contribution < 1.29 is 9.13 Å². The lowest BCUT2D eigenvalue weighted by Crippen LogP contribution is -2.00. The van der Waals surface area contributed by atoms with Crippen molar-refractivity contribution in [3.8, 4) is 5.75 Å². The Morgan fingerprint density at radius 3 is 2.76 bits per heavy atom. The Kier molecular flexibility index (Phi) is 3.53. The van der Waals surface area contributed by atoms with Crippen molar-refractivity contribution in [1.29, 1.82) is 0 Å². The van der Waals surface area contributed by atoms with E-state index in [-0.39, 0.29) is 12.4 Å². The molecule has 0 aliphatic carbocycles. The molecule has 17 heavy (non-hydrogen) atoms. The van der Waals surface area contributed by atoms with Gasteiger partial charge in [-0.15, -0.1) is 0 Å². The van der Waals surface area contributed by atoms with E-state index in [0.717, 1.165) is 0 Å². The minimum atomic E-state index is -0.329. The Hall–Kier alpha value is -1.69. The molecular weight excluding hydrogens is 289 g/mol.